The molecule has 26 heavy (non-hydrogen) atoms. The van der Waals surface area contributed by atoms with Crippen molar-refractivity contribution in [3.05, 3.63) is 71.0 Å². The molecule has 4 rings (SSSR count). The third-order valence-corrected chi connectivity index (χ3v) is 5.05. The minimum absolute atomic E-state index is 0.108. The van der Waals surface area contributed by atoms with E-state index in [0.29, 0.717) is 25.1 Å². The maximum absolute atomic E-state index is 13.9. The van der Waals surface area contributed by atoms with Crippen molar-refractivity contribution in [2.45, 2.75) is 31.0 Å². The van der Waals surface area contributed by atoms with E-state index in [1.54, 1.807) is 18.2 Å². The number of halogens is 1. The van der Waals surface area contributed by atoms with Crippen molar-refractivity contribution < 1.29 is 13.9 Å². The van der Waals surface area contributed by atoms with Crippen molar-refractivity contribution in [1.82, 2.24) is 16.2 Å². The second kappa shape index (κ2) is 7.53. The molecule has 2 heterocycles. The fourth-order valence-corrected chi connectivity index (χ4v) is 3.65. The second-order valence-corrected chi connectivity index (χ2v) is 6.70. The SMILES string of the molecule is O=C(NCC1OCCc2ccccc21)C1CC(c2ccccc2F)NN1. The molecule has 136 valence electrons. The molecule has 0 saturated carbocycles. The zero-order valence-electron chi connectivity index (χ0n) is 14.4. The van der Waals surface area contributed by atoms with E-state index in [4.69, 9.17) is 4.74 Å². The summed E-state index contributed by atoms with van der Waals surface area (Å²) in [5.41, 5.74) is 8.97. The van der Waals surface area contributed by atoms with Crippen LogP contribution in [0.25, 0.3) is 0 Å². The van der Waals surface area contributed by atoms with Gasteiger partial charge in [0.05, 0.1) is 12.6 Å². The molecule has 5 nitrogen and oxygen atoms in total. The molecule has 3 atom stereocenters. The highest BCUT2D eigenvalue weighted by atomic mass is 19.1. The number of carbonyl (C=O) groups is 1. The second-order valence-electron chi connectivity index (χ2n) is 6.70. The number of ether oxygens (including phenoxy) is 1. The number of hydrogen-bond acceptors (Lipinski definition) is 4. The quantitative estimate of drug-likeness (QED) is 0.787. The van der Waals surface area contributed by atoms with Crippen molar-refractivity contribution in [3.63, 3.8) is 0 Å². The molecule has 3 N–H and O–H groups in total. The zero-order chi connectivity index (χ0) is 17.9. The van der Waals surface area contributed by atoms with Gasteiger partial charge in [-0.3, -0.25) is 4.79 Å². The van der Waals surface area contributed by atoms with E-state index in [0.717, 1.165) is 12.0 Å². The first-order valence-corrected chi connectivity index (χ1v) is 8.95. The maximum atomic E-state index is 13.9. The van der Waals surface area contributed by atoms with Gasteiger partial charge in [-0.05, 0) is 30.0 Å². The van der Waals surface area contributed by atoms with E-state index >= 15 is 0 Å². The number of hydrogen-bond donors (Lipinski definition) is 3. The van der Waals surface area contributed by atoms with Gasteiger partial charge >= 0.3 is 0 Å². The fourth-order valence-electron chi connectivity index (χ4n) is 3.65. The third kappa shape index (κ3) is 3.49. The van der Waals surface area contributed by atoms with Crippen molar-refractivity contribution in [1.29, 1.82) is 0 Å². The summed E-state index contributed by atoms with van der Waals surface area (Å²) in [5, 5.41) is 2.96. The van der Waals surface area contributed by atoms with Gasteiger partial charge in [0.15, 0.2) is 0 Å². The molecule has 0 bridgehead atoms. The van der Waals surface area contributed by atoms with Crippen LogP contribution in [0.5, 0.6) is 0 Å². The molecule has 2 aliphatic rings. The number of hydrazine groups is 1. The highest BCUT2D eigenvalue weighted by molar-refractivity contribution is 5.82. The molecule has 0 spiro atoms. The summed E-state index contributed by atoms with van der Waals surface area (Å²) in [4.78, 5) is 12.5. The van der Waals surface area contributed by atoms with Crippen LogP contribution in [0, 0.1) is 5.82 Å². The number of amides is 1. The van der Waals surface area contributed by atoms with Crippen molar-refractivity contribution in [2.75, 3.05) is 13.2 Å². The van der Waals surface area contributed by atoms with Gasteiger partial charge in [-0.1, -0.05) is 42.5 Å². The summed E-state index contributed by atoms with van der Waals surface area (Å²) < 4.78 is 19.7. The molecule has 0 radical (unpaired) electrons. The Kier molecular flexibility index (Phi) is 4.97. The van der Waals surface area contributed by atoms with Gasteiger partial charge in [-0.25, -0.2) is 15.2 Å². The highest BCUT2D eigenvalue weighted by Gasteiger charge is 2.32. The van der Waals surface area contributed by atoms with Crippen LogP contribution in [-0.4, -0.2) is 25.1 Å². The van der Waals surface area contributed by atoms with Gasteiger partial charge in [0.2, 0.25) is 5.91 Å². The van der Waals surface area contributed by atoms with Gasteiger partial charge in [0.25, 0.3) is 0 Å². The van der Waals surface area contributed by atoms with E-state index in [9.17, 15) is 9.18 Å². The number of rotatable bonds is 4. The summed E-state index contributed by atoms with van der Waals surface area (Å²) in [6.45, 7) is 1.09. The Morgan fingerprint density at radius 3 is 2.73 bits per heavy atom. The molecule has 1 amide bonds. The Morgan fingerprint density at radius 2 is 1.88 bits per heavy atom. The fraction of sp³-hybridized carbons (Fsp3) is 0.350. The molecule has 3 unspecified atom stereocenters. The van der Waals surface area contributed by atoms with Gasteiger partial charge in [0.1, 0.15) is 18.0 Å². The van der Waals surface area contributed by atoms with Crippen LogP contribution in [0.3, 0.4) is 0 Å². The lowest BCUT2D eigenvalue weighted by Crippen LogP contribution is -2.44. The first kappa shape index (κ1) is 17.1. The van der Waals surface area contributed by atoms with Crippen molar-refractivity contribution >= 4 is 5.91 Å². The first-order chi connectivity index (χ1) is 12.7. The summed E-state index contributed by atoms with van der Waals surface area (Å²) in [6.07, 6.45) is 1.27. The number of benzene rings is 2. The Morgan fingerprint density at radius 1 is 1.12 bits per heavy atom. The highest BCUT2D eigenvalue weighted by Crippen LogP contribution is 2.27. The average Bonchev–Trinajstić information content (AvgIpc) is 3.16. The minimum atomic E-state index is -0.404. The van der Waals surface area contributed by atoms with Crippen molar-refractivity contribution in [3.8, 4) is 0 Å². The van der Waals surface area contributed by atoms with Crippen LogP contribution in [0.4, 0.5) is 4.39 Å². The summed E-state index contributed by atoms with van der Waals surface area (Å²) in [5.74, 6) is -0.372. The normalized spacial score (nSPS) is 24.9. The Bertz CT molecular complexity index is 798. The predicted molar refractivity (Wildman–Crippen MR) is 95.7 cm³/mol. The smallest absolute Gasteiger partial charge is 0.238 e. The van der Waals surface area contributed by atoms with Crippen molar-refractivity contribution in [2.24, 2.45) is 0 Å². The first-order valence-electron chi connectivity index (χ1n) is 8.95. The minimum Gasteiger partial charge on any atom is -0.371 e. The molecule has 1 saturated heterocycles. The monoisotopic (exact) mass is 355 g/mol. The largest absolute Gasteiger partial charge is 0.371 e. The number of fused-ring (bicyclic) bond motifs is 1. The lowest BCUT2D eigenvalue weighted by Gasteiger charge is -2.26. The van der Waals surface area contributed by atoms with E-state index in [-0.39, 0.29) is 23.9 Å². The van der Waals surface area contributed by atoms with Crippen LogP contribution in [0.2, 0.25) is 0 Å². The van der Waals surface area contributed by atoms with Crippen LogP contribution >= 0.6 is 0 Å². The Labute approximate surface area is 151 Å². The predicted octanol–water partition coefficient (Wildman–Crippen LogP) is 2.16. The Balaban J connectivity index is 1.35. The number of carbonyl (C=O) groups excluding carboxylic acids is 1. The standard InChI is InChI=1S/C20H22FN3O2/c21-16-8-4-3-7-15(16)17-11-18(24-23-17)20(25)22-12-19-14-6-2-1-5-13(14)9-10-26-19/h1-8,17-19,23-24H,9-12H2,(H,22,25). The number of nitrogens with one attached hydrogen (secondary N) is 3. The summed E-state index contributed by atoms with van der Waals surface area (Å²) in [6, 6.07) is 14.2. The van der Waals surface area contributed by atoms with E-state index in [1.165, 1.54) is 11.6 Å². The average molecular weight is 355 g/mol. The molecular weight excluding hydrogens is 333 g/mol. The molecule has 6 heteroatoms. The van der Waals surface area contributed by atoms with Crippen LogP contribution < -0.4 is 16.2 Å². The summed E-state index contributed by atoms with van der Waals surface area (Å²) >= 11 is 0. The maximum Gasteiger partial charge on any atom is 0.238 e. The zero-order valence-corrected chi connectivity index (χ0v) is 14.4. The van der Waals surface area contributed by atoms with Crippen LogP contribution in [0.1, 0.15) is 35.3 Å². The topological polar surface area (TPSA) is 62.4 Å². The lowest BCUT2D eigenvalue weighted by atomic mass is 9.97. The Hall–Kier alpha value is -2.28. The van der Waals surface area contributed by atoms with Crippen LogP contribution in [0.15, 0.2) is 48.5 Å². The molecule has 1 fully saturated rings. The van der Waals surface area contributed by atoms with E-state index in [1.807, 2.05) is 12.1 Å². The third-order valence-electron chi connectivity index (χ3n) is 5.05. The van der Waals surface area contributed by atoms with E-state index < -0.39 is 6.04 Å². The van der Waals surface area contributed by atoms with Gasteiger partial charge < -0.3 is 10.1 Å². The lowest BCUT2D eigenvalue weighted by molar-refractivity contribution is -0.123. The van der Waals surface area contributed by atoms with E-state index in [2.05, 4.69) is 28.3 Å². The molecule has 2 aromatic carbocycles. The molecule has 2 aromatic rings. The summed E-state index contributed by atoms with van der Waals surface area (Å²) in [7, 11) is 0. The van der Waals surface area contributed by atoms with Crippen LogP contribution in [-0.2, 0) is 16.0 Å². The molecule has 2 aliphatic heterocycles. The van der Waals surface area contributed by atoms with Gasteiger partial charge in [-0.15, -0.1) is 0 Å². The van der Waals surface area contributed by atoms with Gasteiger partial charge in [0, 0.05) is 12.1 Å². The molecule has 0 aromatic heterocycles. The van der Waals surface area contributed by atoms with Gasteiger partial charge in [-0.2, -0.15) is 0 Å². The molecule has 0 aliphatic carbocycles. The molecular formula is C20H22FN3O2.